The second-order valence-electron chi connectivity index (χ2n) is 3.43. The van der Waals surface area contributed by atoms with Crippen LogP contribution in [0.1, 0.15) is 15.9 Å². The molecular formula is C12H8O5. The highest BCUT2D eigenvalue weighted by Crippen LogP contribution is 2.27. The quantitative estimate of drug-likeness (QED) is 0.784. The van der Waals surface area contributed by atoms with Crippen molar-refractivity contribution in [3.63, 3.8) is 0 Å². The predicted molar refractivity (Wildman–Crippen MR) is 57.9 cm³/mol. The van der Waals surface area contributed by atoms with Crippen LogP contribution in [0, 0.1) is 0 Å². The van der Waals surface area contributed by atoms with Gasteiger partial charge in [-0.3, -0.25) is 9.59 Å². The Kier molecular flexibility index (Phi) is 2.74. The molecule has 1 aliphatic rings. The summed E-state index contributed by atoms with van der Waals surface area (Å²) in [6.07, 6.45) is 2.61. The summed E-state index contributed by atoms with van der Waals surface area (Å²) in [6.45, 7) is -0.494. The van der Waals surface area contributed by atoms with Crippen molar-refractivity contribution in [2.45, 2.75) is 0 Å². The van der Waals surface area contributed by atoms with Crippen molar-refractivity contribution in [3.8, 4) is 5.75 Å². The maximum absolute atomic E-state index is 11.5. The topological polar surface area (TPSA) is 80.7 Å². The Morgan fingerprint density at radius 3 is 2.71 bits per heavy atom. The molecule has 0 bridgehead atoms. The van der Waals surface area contributed by atoms with Crippen LogP contribution in [0.3, 0.4) is 0 Å². The number of rotatable bonds is 3. The van der Waals surface area contributed by atoms with Gasteiger partial charge in [-0.15, -0.1) is 0 Å². The van der Waals surface area contributed by atoms with Crippen LogP contribution in [0.4, 0.5) is 0 Å². The number of ketones is 2. The summed E-state index contributed by atoms with van der Waals surface area (Å²) in [7, 11) is 0. The molecule has 1 aromatic rings. The molecule has 86 valence electrons. The first-order valence-electron chi connectivity index (χ1n) is 4.84. The van der Waals surface area contributed by atoms with Gasteiger partial charge in [-0.05, 0) is 18.2 Å². The van der Waals surface area contributed by atoms with Crippen LogP contribution < -0.4 is 4.74 Å². The van der Waals surface area contributed by atoms with Crippen LogP contribution in [0.25, 0.3) is 6.08 Å². The molecule has 0 aliphatic heterocycles. The lowest BCUT2D eigenvalue weighted by atomic mass is 9.95. The van der Waals surface area contributed by atoms with Gasteiger partial charge in [0.05, 0.1) is 0 Å². The average molecular weight is 232 g/mol. The molecule has 0 radical (unpaired) electrons. The molecule has 1 aliphatic carbocycles. The molecule has 0 aromatic heterocycles. The average Bonchev–Trinajstić information content (AvgIpc) is 2.31. The van der Waals surface area contributed by atoms with E-state index in [0.717, 1.165) is 6.08 Å². The van der Waals surface area contributed by atoms with Crippen molar-refractivity contribution >= 4 is 23.6 Å². The SMILES string of the molecule is O=C(O)COc1cccc2c1C=CC(=O)C2=O. The van der Waals surface area contributed by atoms with E-state index in [2.05, 4.69) is 0 Å². The summed E-state index contributed by atoms with van der Waals surface area (Å²) in [5.74, 6) is -2.03. The van der Waals surface area contributed by atoms with E-state index in [9.17, 15) is 14.4 Å². The fourth-order valence-corrected chi connectivity index (χ4v) is 1.55. The largest absolute Gasteiger partial charge is 0.481 e. The second kappa shape index (κ2) is 4.21. The maximum atomic E-state index is 11.5. The number of carbonyl (C=O) groups is 3. The van der Waals surface area contributed by atoms with E-state index < -0.39 is 24.1 Å². The van der Waals surface area contributed by atoms with Crippen LogP contribution >= 0.6 is 0 Å². The minimum atomic E-state index is -1.11. The number of hydrogen-bond donors (Lipinski definition) is 1. The second-order valence-corrected chi connectivity index (χ2v) is 3.43. The molecule has 0 fully saturated rings. The first-order chi connectivity index (χ1) is 8.09. The molecule has 0 heterocycles. The predicted octanol–water partition coefficient (Wildman–Crippen LogP) is 0.929. The number of carboxylic acid groups (broad SMARTS) is 1. The van der Waals surface area contributed by atoms with E-state index in [0.29, 0.717) is 5.56 Å². The van der Waals surface area contributed by atoms with Gasteiger partial charge in [0.15, 0.2) is 6.61 Å². The monoisotopic (exact) mass is 232 g/mol. The van der Waals surface area contributed by atoms with Crippen molar-refractivity contribution in [1.29, 1.82) is 0 Å². The fraction of sp³-hybridized carbons (Fsp3) is 0.0833. The summed E-state index contributed by atoms with van der Waals surface area (Å²) in [5.41, 5.74) is 0.679. The summed E-state index contributed by atoms with van der Waals surface area (Å²) in [6, 6.07) is 4.60. The van der Waals surface area contributed by atoms with Gasteiger partial charge < -0.3 is 9.84 Å². The molecule has 5 nitrogen and oxygen atoms in total. The van der Waals surface area contributed by atoms with Crippen molar-refractivity contribution < 1.29 is 24.2 Å². The lowest BCUT2D eigenvalue weighted by Crippen LogP contribution is -2.17. The molecule has 1 aromatic carbocycles. The summed E-state index contributed by atoms with van der Waals surface area (Å²) in [5, 5.41) is 8.51. The van der Waals surface area contributed by atoms with Crippen LogP contribution in [-0.4, -0.2) is 29.2 Å². The van der Waals surface area contributed by atoms with Crippen LogP contribution in [0.15, 0.2) is 24.3 Å². The normalized spacial score (nSPS) is 13.4. The van der Waals surface area contributed by atoms with Crippen molar-refractivity contribution in [2.75, 3.05) is 6.61 Å². The molecule has 0 saturated carbocycles. The van der Waals surface area contributed by atoms with Crippen molar-refractivity contribution in [3.05, 3.63) is 35.4 Å². The Morgan fingerprint density at radius 1 is 1.24 bits per heavy atom. The molecular weight excluding hydrogens is 224 g/mol. The number of Topliss-reactive ketones (excluding diaryl/α,β-unsaturated/α-hetero) is 1. The van der Waals surface area contributed by atoms with E-state index >= 15 is 0 Å². The number of ether oxygens (including phenoxy) is 1. The van der Waals surface area contributed by atoms with Crippen LogP contribution in [-0.2, 0) is 9.59 Å². The molecule has 0 amide bonds. The standard InChI is InChI=1S/C12H8O5/c13-9-5-4-7-8(12(9)16)2-1-3-10(7)17-6-11(14)15/h1-5H,6H2,(H,14,15). The zero-order valence-electron chi connectivity index (χ0n) is 8.67. The van der Waals surface area contributed by atoms with Gasteiger partial charge in [0.1, 0.15) is 5.75 Å². The lowest BCUT2D eigenvalue weighted by Gasteiger charge is -2.13. The summed E-state index contributed by atoms with van der Waals surface area (Å²) < 4.78 is 5.04. The van der Waals surface area contributed by atoms with E-state index in [1.807, 2.05) is 0 Å². The summed E-state index contributed by atoms with van der Waals surface area (Å²) >= 11 is 0. The molecule has 0 atom stereocenters. The van der Waals surface area contributed by atoms with E-state index in [1.165, 1.54) is 12.1 Å². The van der Waals surface area contributed by atoms with Gasteiger partial charge in [-0.2, -0.15) is 0 Å². The van der Waals surface area contributed by atoms with Gasteiger partial charge >= 0.3 is 5.97 Å². The summed E-state index contributed by atoms with van der Waals surface area (Å²) in [4.78, 5) is 33.1. The third-order valence-corrected chi connectivity index (χ3v) is 2.29. The van der Waals surface area contributed by atoms with E-state index in [4.69, 9.17) is 9.84 Å². The third kappa shape index (κ3) is 2.08. The van der Waals surface area contributed by atoms with Crippen LogP contribution in [0.2, 0.25) is 0 Å². The minimum absolute atomic E-state index is 0.236. The highest BCUT2D eigenvalue weighted by Gasteiger charge is 2.23. The fourth-order valence-electron chi connectivity index (χ4n) is 1.55. The number of carboxylic acids is 1. The van der Waals surface area contributed by atoms with Gasteiger partial charge in [0.25, 0.3) is 0 Å². The third-order valence-electron chi connectivity index (χ3n) is 2.29. The molecule has 2 rings (SSSR count). The van der Waals surface area contributed by atoms with E-state index in [-0.39, 0.29) is 11.3 Å². The Labute approximate surface area is 96.3 Å². The van der Waals surface area contributed by atoms with Gasteiger partial charge in [0.2, 0.25) is 11.6 Å². The first-order valence-corrected chi connectivity index (χ1v) is 4.84. The molecule has 0 unspecified atom stereocenters. The number of allylic oxidation sites excluding steroid dienone is 1. The number of aliphatic carboxylic acids is 1. The van der Waals surface area contributed by atoms with E-state index in [1.54, 1.807) is 12.1 Å². The Morgan fingerprint density at radius 2 is 2.00 bits per heavy atom. The first kappa shape index (κ1) is 11.1. The number of fused-ring (bicyclic) bond motifs is 1. The molecule has 5 heteroatoms. The lowest BCUT2D eigenvalue weighted by molar-refractivity contribution is -0.139. The smallest absolute Gasteiger partial charge is 0.341 e. The van der Waals surface area contributed by atoms with Gasteiger partial charge in [0, 0.05) is 11.1 Å². The Bertz CT molecular complexity index is 542. The Balaban J connectivity index is 2.39. The maximum Gasteiger partial charge on any atom is 0.341 e. The van der Waals surface area contributed by atoms with Crippen molar-refractivity contribution in [2.24, 2.45) is 0 Å². The Hall–Kier alpha value is -2.43. The van der Waals surface area contributed by atoms with Gasteiger partial charge in [-0.1, -0.05) is 12.1 Å². The number of carbonyl (C=O) groups excluding carboxylic acids is 2. The highest BCUT2D eigenvalue weighted by molar-refractivity contribution is 6.50. The zero-order chi connectivity index (χ0) is 12.4. The van der Waals surface area contributed by atoms with Crippen LogP contribution in [0.5, 0.6) is 5.75 Å². The van der Waals surface area contributed by atoms with Crippen molar-refractivity contribution in [1.82, 2.24) is 0 Å². The zero-order valence-corrected chi connectivity index (χ0v) is 8.67. The molecule has 0 spiro atoms. The molecule has 17 heavy (non-hydrogen) atoms. The molecule has 0 saturated heterocycles. The minimum Gasteiger partial charge on any atom is -0.481 e. The molecule has 1 N–H and O–H groups in total. The van der Waals surface area contributed by atoms with Gasteiger partial charge in [-0.25, -0.2) is 4.79 Å². The number of hydrogen-bond acceptors (Lipinski definition) is 4. The number of benzene rings is 1. The highest BCUT2D eigenvalue weighted by atomic mass is 16.5.